The molecule has 0 bridgehead atoms. The van der Waals surface area contributed by atoms with E-state index in [9.17, 15) is 0 Å². The molecule has 4 heteroatoms. The number of benzene rings is 2. The van der Waals surface area contributed by atoms with Crippen LogP contribution in [0.15, 0.2) is 73.1 Å². The molecule has 1 aliphatic heterocycles. The molecule has 1 N–H and O–H groups in total. The summed E-state index contributed by atoms with van der Waals surface area (Å²) in [6, 6.07) is 22.3. The normalized spacial score (nSPS) is 24.6. The summed E-state index contributed by atoms with van der Waals surface area (Å²) in [7, 11) is 0. The van der Waals surface area contributed by atoms with Gasteiger partial charge in [-0.15, -0.1) is 0 Å². The zero-order valence-corrected chi connectivity index (χ0v) is 14.8. The molecule has 1 saturated carbocycles. The Bertz CT molecular complexity index is 858. The first-order valence-electron chi connectivity index (χ1n) is 9.57. The van der Waals surface area contributed by atoms with Crippen molar-refractivity contribution in [1.82, 2.24) is 9.55 Å². The maximum Gasteiger partial charge on any atom is 0.207 e. The summed E-state index contributed by atoms with van der Waals surface area (Å²) in [5.41, 5.74) is 2.49. The third-order valence-corrected chi connectivity index (χ3v) is 5.92. The Labute approximate surface area is 154 Å². The highest BCUT2D eigenvalue weighted by atomic mass is 15.3. The molecule has 3 aromatic rings. The molecule has 0 amide bonds. The second-order valence-corrected chi connectivity index (χ2v) is 7.35. The van der Waals surface area contributed by atoms with E-state index in [0.29, 0.717) is 12.1 Å². The average Bonchev–Trinajstić information content (AvgIpc) is 3.41. The number of imidazole rings is 1. The maximum absolute atomic E-state index is 4.60. The summed E-state index contributed by atoms with van der Waals surface area (Å²) >= 11 is 0. The van der Waals surface area contributed by atoms with Gasteiger partial charge in [-0.25, -0.2) is 4.98 Å². The van der Waals surface area contributed by atoms with Gasteiger partial charge in [0.15, 0.2) is 0 Å². The van der Waals surface area contributed by atoms with Gasteiger partial charge in [-0.2, -0.15) is 0 Å². The number of nitrogens with zero attached hydrogens (tertiary/aromatic N) is 3. The SMILES string of the molecule is c1ccc(N2CC[C@H]3CC[C@H](Nc4nccn4-c4ccccc4)[C@H]32)cc1. The molecule has 2 aliphatic rings. The number of anilines is 2. The number of aromatic nitrogens is 2. The third-order valence-electron chi connectivity index (χ3n) is 5.92. The lowest BCUT2D eigenvalue weighted by molar-refractivity contribution is 0.526. The number of hydrogen-bond donors (Lipinski definition) is 1. The molecule has 4 nitrogen and oxygen atoms in total. The largest absolute Gasteiger partial charge is 0.366 e. The minimum absolute atomic E-state index is 0.438. The van der Waals surface area contributed by atoms with Gasteiger partial charge in [0, 0.05) is 36.4 Å². The second kappa shape index (κ2) is 6.52. The molecule has 2 heterocycles. The average molecular weight is 344 g/mol. The standard InChI is InChI=1S/C22H24N4/c1-3-7-18(8-4-1)25-15-13-17-11-12-20(21(17)25)24-22-23-14-16-26(22)19-9-5-2-6-10-19/h1-10,14,16-17,20-21H,11-13,15H2,(H,23,24)/t17-,20+,21+/m1/s1. The summed E-state index contributed by atoms with van der Waals surface area (Å²) in [6.45, 7) is 1.16. The van der Waals surface area contributed by atoms with E-state index in [0.717, 1.165) is 24.1 Å². The van der Waals surface area contributed by atoms with Crippen LogP contribution in [0.5, 0.6) is 0 Å². The van der Waals surface area contributed by atoms with Gasteiger partial charge in [-0.1, -0.05) is 36.4 Å². The van der Waals surface area contributed by atoms with E-state index < -0.39 is 0 Å². The Balaban J connectivity index is 1.41. The van der Waals surface area contributed by atoms with Crippen LogP contribution in [-0.2, 0) is 0 Å². The van der Waals surface area contributed by atoms with E-state index in [2.05, 4.69) is 74.4 Å². The molecule has 132 valence electrons. The Morgan fingerprint density at radius 3 is 2.35 bits per heavy atom. The van der Waals surface area contributed by atoms with Gasteiger partial charge in [0.25, 0.3) is 0 Å². The molecule has 0 spiro atoms. The van der Waals surface area contributed by atoms with Crippen molar-refractivity contribution >= 4 is 11.6 Å². The van der Waals surface area contributed by atoms with Crippen molar-refractivity contribution in [2.24, 2.45) is 5.92 Å². The van der Waals surface area contributed by atoms with Crippen LogP contribution in [0, 0.1) is 5.92 Å². The number of nitrogens with one attached hydrogen (secondary N) is 1. The Morgan fingerprint density at radius 2 is 1.58 bits per heavy atom. The first kappa shape index (κ1) is 15.5. The van der Waals surface area contributed by atoms with Crippen LogP contribution in [0.2, 0.25) is 0 Å². The molecule has 5 rings (SSSR count). The van der Waals surface area contributed by atoms with Gasteiger partial charge < -0.3 is 10.2 Å². The van der Waals surface area contributed by atoms with Crippen LogP contribution in [0.3, 0.4) is 0 Å². The zero-order chi connectivity index (χ0) is 17.3. The molecule has 0 unspecified atom stereocenters. The predicted octanol–water partition coefficient (Wildman–Crippen LogP) is 4.34. The van der Waals surface area contributed by atoms with E-state index >= 15 is 0 Å². The summed E-state index contributed by atoms with van der Waals surface area (Å²) in [6.07, 6.45) is 7.72. The van der Waals surface area contributed by atoms with E-state index in [1.54, 1.807) is 0 Å². The molecule has 2 fully saturated rings. The van der Waals surface area contributed by atoms with Crippen molar-refractivity contribution in [3.63, 3.8) is 0 Å². The van der Waals surface area contributed by atoms with Crippen LogP contribution >= 0.6 is 0 Å². The highest BCUT2D eigenvalue weighted by molar-refractivity contribution is 5.51. The fourth-order valence-electron chi connectivity index (χ4n) is 4.76. The van der Waals surface area contributed by atoms with Gasteiger partial charge in [-0.3, -0.25) is 4.57 Å². The molecule has 0 radical (unpaired) electrons. The fraction of sp³-hybridized carbons (Fsp3) is 0.318. The van der Waals surface area contributed by atoms with Gasteiger partial charge >= 0.3 is 0 Å². The van der Waals surface area contributed by atoms with Crippen molar-refractivity contribution < 1.29 is 0 Å². The third kappa shape index (κ3) is 2.66. The molecule has 1 saturated heterocycles. The second-order valence-electron chi connectivity index (χ2n) is 7.35. The molecule has 1 aromatic heterocycles. The van der Waals surface area contributed by atoms with Crippen LogP contribution in [0.25, 0.3) is 5.69 Å². The van der Waals surface area contributed by atoms with Crippen LogP contribution in [0.1, 0.15) is 19.3 Å². The van der Waals surface area contributed by atoms with Crippen molar-refractivity contribution in [1.29, 1.82) is 0 Å². The van der Waals surface area contributed by atoms with E-state index in [4.69, 9.17) is 0 Å². The lowest BCUT2D eigenvalue weighted by Gasteiger charge is -2.32. The number of hydrogen-bond acceptors (Lipinski definition) is 3. The smallest absolute Gasteiger partial charge is 0.207 e. The van der Waals surface area contributed by atoms with E-state index in [1.807, 2.05) is 18.5 Å². The van der Waals surface area contributed by atoms with E-state index in [1.165, 1.54) is 24.9 Å². The summed E-state index contributed by atoms with van der Waals surface area (Å²) in [5.74, 6) is 1.73. The van der Waals surface area contributed by atoms with Gasteiger partial charge in [0.1, 0.15) is 0 Å². The molecule has 26 heavy (non-hydrogen) atoms. The zero-order valence-electron chi connectivity index (χ0n) is 14.8. The van der Waals surface area contributed by atoms with Crippen LogP contribution in [0.4, 0.5) is 11.6 Å². The number of rotatable bonds is 4. The summed E-state index contributed by atoms with van der Waals surface area (Å²) < 4.78 is 2.15. The highest BCUT2D eigenvalue weighted by Crippen LogP contribution is 2.41. The van der Waals surface area contributed by atoms with Crippen molar-refractivity contribution in [3.8, 4) is 5.69 Å². The lowest BCUT2D eigenvalue weighted by atomic mass is 10.0. The lowest BCUT2D eigenvalue weighted by Crippen LogP contribution is -2.42. The van der Waals surface area contributed by atoms with Crippen molar-refractivity contribution in [2.75, 3.05) is 16.8 Å². The minimum Gasteiger partial charge on any atom is -0.366 e. The first-order valence-corrected chi connectivity index (χ1v) is 9.57. The van der Waals surface area contributed by atoms with Crippen LogP contribution < -0.4 is 10.2 Å². The molecule has 1 aliphatic carbocycles. The topological polar surface area (TPSA) is 33.1 Å². The van der Waals surface area contributed by atoms with Crippen molar-refractivity contribution in [2.45, 2.75) is 31.3 Å². The Hall–Kier alpha value is -2.75. The number of para-hydroxylation sites is 2. The van der Waals surface area contributed by atoms with Gasteiger partial charge in [0.2, 0.25) is 5.95 Å². The van der Waals surface area contributed by atoms with Gasteiger partial charge in [-0.05, 0) is 49.4 Å². The monoisotopic (exact) mass is 344 g/mol. The van der Waals surface area contributed by atoms with Gasteiger partial charge in [0.05, 0.1) is 6.04 Å². The highest BCUT2D eigenvalue weighted by Gasteiger charge is 2.44. The first-order chi connectivity index (χ1) is 12.9. The Morgan fingerprint density at radius 1 is 0.846 bits per heavy atom. The molecular weight excluding hydrogens is 320 g/mol. The summed E-state index contributed by atoms with van der Waals surface area (Å²) in [4.78, 5) is 7.20. The molecule has 2 aromatic carbocycles. The van der Waals surface area contributed by atoms with E-state index in [-0.39, 0.29) is 0 Å². The summed E-state index contributed by atoms with van der Waals surface area (Å²) in [5, 5.41) is 3.77. The quantitative estimate of drug-likeness (QED) is 0.764. The number of fused-ring (bicyclic) bond motifs is 1. The minimum atomic E-state index is 0.438. The fourth-order valence-corrected chi connectivity index (χ4v) is 4.76. The maximum atomic E-state index is 4.60. The predicted molar refractivity (Wildman–Crippen MR) is 106 cm³/mol. The van der Waals surface area contributed by atoms with Crippen molar-refractivity contribution in [3.05, 3.63) is 73.1 Å². The molecule has 3 atom stereocenters. The molecular formula is C22H24N4. The Kier molecular flexibility index (Phi) is 3.89. The van der Waals surface area contributed by atoms with Crippen LogP contribution in [-0.4, -0.2) is 28.2 Å².